The van der Waals surface area contributed by atoms with Crippen molar-refractivity contribution >= 4 is 11.7 Å². The standard InChI is InChI=1S/C14H18N4O/c1-14-6-4-3-5-10(14)13(19)18(2)12(17-14)11-9-15-7-8-16-11/h7-10H,3-6H2,1-2H3/t10-,14?/m0/s1. The Kier molecular flexibility index (Phi) is 2.84. The lowest BCUT2D eigenvalue weighted by atomic mass is 9.72. The molecule has 1 aromatic heterocycles. The lowest BCUT2D eigenvalue weighted by Crippen LogP contribution is -2.54. The van der Waals surface area contributed by atoms with Gasteiger partial charge in [0.15, 0.2) is 5.84 Å². The van der Waals surface area contributed by atoms with Gasteiger partial charge in [0, 0.05) is 19.4 Å². The van der Waals surface area contributed by atoms with Crippen LogP contribution >= 0.6 is 0 Å². The van der Waals surface area contributed by atoms with E-state index in [0.29, 0.717) is 11.5 Å². The minimum absolute atomic E-state index is 0.0201. The Bertz CT molecular complexity index is 528. The van der Waals surface area contributed by atoms with Crippen molar-refractivity contribution in [3.63, 3.8) is 0 Å². The third-order valence-corrected chi connectivity index (χ3v) is 4.28. The Morgan fingerprint density at radius 1 is 1.37 bits per heavy atom. The third-order valence-electron chi connectivity index (χ3n) is 4.28. The zero-order valence-corrected chi connectivity index (χ0v) is 11.3. The van der Waals surface area contributed by atoms with Crippen molar-refractivity contribution < 1.29 is 4.79 Å². The van der Waals surface area contributed by atoms with Crippen molar-refractivity contribution in [3.8, 4) is 0 Å². The summed E-state index contributed by atoms with van der Waals surface area (Å²) in [6.07, 6.45) is 9.09. The van der Waals surface area contributed by atoms with E-state index in [1.54, 1.807) is 30.5 Å². The van der Waals surface area contributed by atoms with Crippen LogP contribution in [0.5, 0.6) is 0 Å². The number of fused-ring (bicyclic) bond motifs is 1. The fourth-order valence-electron chi connectivity index (χ4n) is 3.14. The van der Waals surface area contributed by atoms with Gasteiger partial charge in [0.2, 0.25) is 5.91 Å². The SMILES string of the molecule is CN1C(=O)[C@@H]2CCCCC2(C)N=C1c1cnccn1. The second-order valence-corrected chi connectivity index (χ2v) is 5.58. The molecule has 3 rings (SSSR count). The fraction of sp³-hybridized carbons (Fsp3) is 0.571. The van der Waals surface area contributed by atoms with Crippen molar-refractivity contribution in [2.45, 2.75) is 38.1 Å². The Labute approximate surface area is 112 Å². The van der Waals surface area contributed by atoms with Crippen molar-refractivity contribution in [2.75, 3.05) is 7.05 Å². The number of hydrogen-bond donors (Lipinski definition) is 0. The van der Waals surface area contributed by atoms with Gasteiger partial charge in [-0.05, 0) is 19.8 Å². The summed E-state index contributed by atoms with van der Waals surface area (Å²) in [7, 11) is 1.78. The molecule has 1 aromatic rings. The maximum atomic E-state index is 12.5. The van der Waals surface area contributed by atoms with Gasteiger partial charge in [-0.3, -0.25) is 19.7 Å². The van der Waals surface area contributed by atoms with Crippen molar-refractivity contribution in [1.82, 2.24) is 14.9 Å². The van der Waals surface area contributed by atoms with E-state index in [-0.39, 0.29) is 17.4 Å². The number of amides is 1. The summed E-state index contributed by atoms with van der Waals surface area (Å²) in [5.74, 6) is 0.836. The molecule has 1 unspecified atom stereocenters. The van der Waals surface area contributed by atoms with Crippen LogP contribution in [0, 0.1) is 5.92 Å². The number of aromatic nitrogens is 2. The van der Waals surface area contributed by atoms with Gasteiger partial charge >= 0.3 is 0 Å². The van der Waals surface area contributed by atoms with Gasteiger partial charge in [0.25, 0.3) is 0 Å². The number of rotatable bonds is 1. The first-order chi connectivity index (χ1) is 9.12. The average Bonchev–Trinajstić information content (AvgIpc) is 2.44. The van der Waals surface area contributed by atoms with E-state index in [0.717, 1.165) is 25.7 Å². The molecule has 1 saturated carbocycles. The molecule has 2 heterocycles. The molecule has 1 fully saturated rings. The molecule has 0 radical (unpaired) electrons. The molecule has 0 aromatic carbocycles. The monoisotopic (exact) mass is 258 g/mol. The number of hydrogen-bond acceptors (Lipinski definition) is 4. The quantitative estimate of drug-likeness (QED) is 0.769. The summed E-state index contributed by atoms with van der Waals surface area (Å²) >= 11 is 0. The summed E-state index contributed by atoms with van der Waals surface area (Å²) in [6, 6.07) is 0. The van der Waals surface area contributed by atoms with Gasteiger partial charge in [0.1, 0.15) is 5.69 Å². The molecule has 0 N–H and O–H groups in total. The van der Waals surface area contributed by atoms with Crippen LogP contribution in [0.15, 0.2) is 23.6 Å². The van der Waals surface area contributed by atoms with Gasteiger partial charge in [-0.1, -0.05) is 12.8 Å². The van der Waals surface area contributed by atoms with Crippen LogP contribution < -0.4 is 0 Å². The Balaban J connectivity index is 2.07. The zero-order chi connectivity index (χ0) is 13.5. The van der Waals surface area contributed by atoms with Crippen LogP contribution in [0.4, 0.5) is 0 Å². The van der Waals surface area contributed by atoms with Crippen LogP contribution in [0.3, 0.4) is 0 Å². The predicted molar refractivity (Wildman–Crippen MR) is 71.7 cm³/mol. The highest BCUT2D eigenvalue weighted by Crippen LogP contribution is 2.40. The first kappa shape index (κ1) is 12.3. The van der Waals surface area contributed by atoms with Gasteiger partial charge in [0.05, 0.1) is 17.7 Å². The average molecular weight is 258 g/mol. The second kappa shape index (κ2) is 4.40. The number of amidine groups is 1. The molecule has 1 aliphatic heterocycles. The summed E-state index contributed by atoms with van der Waals surface area (Å²) in [4.78, 5) is 27.4. The molecule has 19 heavy (non-hydrogen) atoms. The second-order valence-electron chi connectivity index (χ2n) is 5.58. The van der Waals surface area contributed by atoms with E-state index >= 15 is 0 Å². The van der Waals surface area contributed by atoms with Crippen molar-refractivity contribution in [3.05, 3.63) is 24.3 Å². The van der Waals surface area contributed by atoms with E-state index in [1.165, 1.54) is 0 Å². The lowest BCUT2D eigenvalue weighted by Gasteiger charge is -2.43. The van der Waals surface area contributed by atoms with Crippen LogP contribution in [0.2, 0.25) is 0 Å². The van der Waals surface area contributed by atoms with E-state index < -0.39 is 0 Å². The predicted octanol–water partition coefficient (Wildman–Crippen LogP) is 1.64. The Hall–Kier alpha value is -1.78. The highest BCUT2D eigenvalue weighted by Gasteiger charge is 2.46. The highest BCUT2D eigenvalue weighted by molar-refractivity contribution is 6.09. The molecular formula is C14H18N4O. The minimum Gasteiger partial charge on any atom is -0.298 e. The van der Waals surface area contributed by atoms with E-state index in [1.807, 2.05) is 0 Å². The third kappa shape index (κ3) is 1.93. The van der Waals surface area contributed by atoms with Crippen molar-refractivity contribution in [1.29, 1.82) is 0 Å². The van der Waals surface area contributed by atoms with Crippen molar-refractivity contribution in [2.24, 2.45) is 10.9 Å². The van der Waals surface area contributed by atoms with E-state index in [2.05, 4.69) is 16.9 Å². The Morgan fingerprint density at radius 2 is 2.21 bits per heavy atom. The summed E-state index contributed by atoms with van der Waals surface area (Å²) in [5, 5.41) is 0. The topological polar surface area (TPSA) is 58.5 Å². The van der Waals surface area contributed by atoms with Crippen LogP contribution in [-0.4, -0.2) is 39.2 Å². The maximum absolute atomic E-state index is 12.5. The zero-order valence-electron chi connectivity index (χ0n) is 11.3. The van der Waals surface area contributed by atoms with Crippen LogP contribution in [-0.2, 0) is 4.79 Å². The van der Waals surface area contributed by atoms with Gasteiger partial charge in [-0.2, -0.15) is 0 Å². The molecule has 1 amide bonds. The molecule has 5 nitrogen and oxygen atoms in total. The molecule has 0 bridgehead atoms. The molecule has 2 aliphatic rings. The molecule has 0 saturated heterocycles. The fourth-order valence-corrected chi connectivity index (χ4v) is 3.14. The smallest absolute Gasteiger partial charge is 0.233 e. The number of aliphatic imine (C=N–C) groups is 1. The van der Waals surface area contributed by atoms with Gasteiger partial charge < -0.3 is 0 Å². The maximum Gasteiger partial charge on any atom is 0.233 e. The van der Waals surface area contributed by atoms with Gasteiger partial charge in [-0.15, -0.1) is 0 Å². The first-order valence-electron chi connectivity index (χ1n) is 6.76. The summed E-state index contributed by atoms with van der Waals surface area (Å²) in [6.45, 7) is 2.10. The molecular weight excluding hydrogens is 240 g/mol. The molecule has 5 heteroatoms. The summed E-state index contributed by atoms with van der Waals surface area (Å²) in [5.41, 5.74) is 0.401. The Morgan fingerprint density at radius 3 is 2.95 bits per heavy atom. The van der Waals surface area contributed by atoms with E-state index in [9.17, 15) is 4.79 Å². The lowest BCUT2D eigenvalue weighted by molar-refractivity contribution is -0.135. The van der Waals surface area contributed by atoms with E-state index in [4.69, 9.17) is 4.99 Å². The normalized spacial score (nSPS) is 30.8. The van der Waals surface area contributed by atoms with Crippen LogP contribution in [0.25, 0.3) is 0 Å². The number of nitrogens with zero attached hydrogens (tertiary/aromatic N) is 4. The summed E-state index contributed by atoms with van der Waals surface area (Å²) < 4.78 is 0. The molecule has 0 spiro atoms. The van der Waals surface area contributed by atoms with Crippen LogP contribution in [0.1, 0.15) is 38.3 Å². The molecule has 2 atom stereocenters. The number of carbonyl (C=O) groups is 1. The highest BCUT2D eigenvalue weighted by atomic mass is 16.2. The number of carbonyl (C=O) groups excluding carboxylic acids is 1. The van der Waals surface area contributed by atoms with Gasteiger partial charge in [-0.25, -0.2) is 4.98 Å². The largest absolute Gasteiger partial charge is 0.298 e. The minimum atomic E-state index is -0.269. The first-order valence-corrected chi connectivity index (χ1v) is 6.76. The molecule has 100 valence electrons. The molecule has 1 aliphatic carbocycles.